The van der Waals surface area contributed by atoms with Crippen molar-refractivity contribution in [3.63, 3.8) is 0 Å². The summed E-state index contributed by atoms with van der Waals surface area (Å²) in [5.41, 5.74) is 0. The van der Waals surface area contributed by atoms with Crippen LogP contribution in [0.25, 0.3) is 0 Å². The zero-order valence-corrected chi connectivity index (χ0v) is 18.5. The molecule has 5 heteroatoms. The summed E-state index contributed by atoms with van der Waals surface area (Å²) < 4.78 is 10.6. The average Bonchev–Trinajstić information content (AvgIpc) is 2.65. The van der Waals surface area contributed by atoms with Crippen LogP contribution >= 0.6 is 0 Å². The van der Waals surface area contributed by atoms with Gasteiger partial charge in [-0.3, -0.25) is 0 Å². The molecule has 0 N–H and O–H groups in total. The SMILES string of the molecule is CCCCCCCC[Si](CCCC)(CCCC)OC(=O)/C=C/C(=O)OC. The molecule has 0 saturated heterocycles. The summed E-state index contributed by atoms with van der Waals surface area (Å²) in [6, 6.07) is 3.13. The van der Waals surface area contributed by atoms with Gasteiger partial charge in [-0.05, 0) is 18.1 Å². The molecule has 4 nitrogen and oxygen atoms in total. The highest BCUT2D eigenvalue weighted by atomic mass is 28.4. The molecule has 0 rings (SSSR count). The first-order valence-corrected chi connectivity index (χ1v) is 13.1. The second-order valence-electron chi connectivity index (χ2n) is 7.19. The number of hydrogen-bond donors (Lipinski definition) is 0. The van der Waals surface area contributed by atoms with Gasteiger partial charge in [0.1, 0.15) is 0 Å². The van der Waals surface area contributed by atoms with Crippen LogP contribution in [-0.2, 0) is 18.8 Å². The zero-order valence-electron chi connectivity index (χ0n) is 17.5. The number of carbonyl (C=O) groups is 2. The van der Waals surface area contributed by atoms with E-state index in [1.165, 1.54) is 45.3 Å². The number of unbranched alkanes of at least 4 members (excludes halogenated alkanes) is 7. The smallest absolute Gasteiger partial charge is 0.330 e. The third-order valence-corrected chi connectivity index (χ3v) is 9.26. The highest BCUT2D eigenvalue weighted by Crippen LogP contribution is 2.30. The van der Waals surface area contributed by atoms with Crippen molar-refractivity contribution in [2.45, 2.75) is 103 Å². The molecule has 0 aromatic carbocycles. The van der Waals surface area contributed by atoms with Crippen LogP contribution in [0.2, 0.25) is 18.1 Å². The van der Waals surface area contributed by atoms with E-state index in [1.54, 1.807) is 0 Å². The van der Waals surface area contributed by atoms with Crippen molar-refractivity contribution in [3.05, 3.63) is 12.2 Å². The summed E-state index contributed by atoms with van der Waals surface area (Å²) in [7, 11) is -0.800. The third kappa shape index (κ3) is 12.3. The molecule has 0 unspecified atom stereocenters. The maximum absolute atomic E-state index is 12.3. The Hall–Kier alpha value is -1.10. The zero-order chi connectivity index (χ0) is 19.7. The lowest BCUT2D eigenvalue weighted by Gasteiger charge is -2.31. The minimum Gasteiger partial charge on any atom is -0.516 e. The summed E-state index contributed by atoms with van der Waals surface area (Å²) in [5, 5.41) is 0. The minimum absolute atomic E-state index is 0.375. The Morgan fingerprint density at radius 3 is 1.69 bits per heavy atom. The first kappa shape index (κ1) is 24.9. The van der Waals surface area contributed by atoms with Crippen molar-refractivity contribution in [3.8, 4) is 0 Å². The van der Waals surface area contributed by atoms with Gasteiger partial charge in [-0.1, -0.05) is 85.0 Å². The Balaban J connectivity index is 4.86. The predicted molar refractivity (Wildman–Crippen MR) is 111 cm³/mol. The molecule has 0 amide bonds. The normalized spacial score (nSPS) is 11.7. The Labute approximate surface area is 161 Å². The predicted octanol–water partition coefficient (Wildman–Crippen LogP) is 6.17. The lowest BCUT2D eigenvalue weighted by atomic mass is 10.1. The van der Waals surface area contributed by atoms with Crippen LogP contribution in [0.15, 0.2) is 12.2 Å². The van der Waals surface area contributed by atoms with Gasteiger partial charge in [0.15, 0.2) is 0 Å². The van der Waals surface area contributed by atoms with E-state index >= 15 is 0 Å². The van der Waals surface area contributed by atoms with Gasteiger partial charge in [-0.25, -0.2) is 9.59 Å². The van der Waals surface area contributed by atoms with Gasteiger partial charge in [-0.2, -0.15) is 0 Å². The molecule has 0 aliphatic heterocycles. The molecular formula is C21H40O4Si. The highest BCUT2D eigenvalue weighted by molar-refractivity contribution is 6.75. The van der Waals surface area contributed by atoms with E-state index in [2.05, 4.69) is 25.5 Å². The molecular weight excluding hydrogens is 344 g/mol. The van der Waals surface area contributed by atoms with Crippen molar-refractivity contribution < 1.29 is 18.8 Å². The highest BCUT2D eigenvalue weighted by Gasteiger charge is 2.36. The van der Waals surface area contributed by atoms with Crippen LogP contribution in [0.1, 0.15) is 85.0 Å². The molecule has 0 aliphatic carbocycles. The van der Waals surface area contributed by atoms with Crippen LogP contribution in [0.3, 0.4) is 0 Å². The van der Waals surface area contributed by atoms with Crippen molar-refractivity contribution >= 4 is 20.3 Å². The van der Waals surface area contributed by atoms with E-state index in [-0.39, 0.29) is 5.97 Å². The fraction of sp³-hybridized carbons (Fsp3) is 0.810. The van der Waals surface area contributed by atoms with Crippen LogP contribution in [-0.4, -0.2) is 27.4 Å². The molecule has 0 atom stereocenters. The summed E-state index contributed by atoms with van der Waals surface area (Å²) >= 11 is 0. The molecule has 0 aliphatic rings. The van der Waals surface area contributed by atoms with E-state index < -0.39 is 14.3 Å². The Kier molecular flexibility index (Phi) is 15.4. The van der Waals surface area contributed by atoms with Gasteiger partial charge >= 0.3 is 11.9 Å². The molecule has 152 valence electrons. The van der Waals surface area contributed by atoms with Gasteiger partial charge in [0.25, 0.3) is 8.32 Å². The monoisotopic (exact) mass is 384 g/mol. The van der Waals surface area contributed by atoms with Crippen molar-refractivity contribution in [2.24, 2.45) is 0 Å². The summed E-state index contributed by atoms with van der Waals surface area (Å²) in [6.07, 6.45) is 14.4. The summed E-state index contributed by atoms with van der Waals surface area (Å²) in [6.45, 7) is 6.60. The Morgan fingerprint density at radius 1 is 0.692 bits per heavy atom. The molecule has 0 aromatic heterocycles. The van der Waals surface area contributed by atoms with E-state index in [0.29, 0.717) is 0 Å². The number of esters is 1. The number of carbonyl (C=O) groups excluding carboxylic acids is 2. The Morgan fingerprint density at radius 2 is 1.15 bits per heavy atom. The van der Waals surface area contributed by atoms with Crippen LogP contribution in [0.4, 0.5) is 0 Å². The van der Waals surface area contributed by atoms with Gasteiger partial charge in [-0.15, -0.1) is 0 Å². The number of methoxy groups -OCH3 is 1. The van der Waals surface area contributed by atoms with E-state index in [0.717, 1.165) is 56.3 Å². The standard InChI is InChI=1S/C21H40O4Si/c1-5-8-11-12-13-14-19-26(17-9-6-2,18-10-7-3)25-21(23)16-15-20(22)24-4/h15-16H,5-14,17-19H2,1-4H3/b16-15+. The lowest BCUT2D eigenvalue weighted by molar-refractivity contribution is -0.136. The molecule has 0 saturated carbocycles. The molecule has 0 bridgehead atoms. The molecule has 0 radical (unpaired) electrons. The second kappa shape index (κ2) is 16.1. The van der Waals surface area contributed by atoms with Gasteiger partial charge in [0.2, 0.25) is 0 Å². The van der Waals surface area contributed by atoms with Crippen LogP contribution in [0, 0.1) is 0 Å². The van der Waals surface area contributed by atoms with Crippen molar-refractivity contribution in [1.29, 1.82) is 0 Å². The van der Waals surface area contributed by atoms with Crippen molar-refractivity contribution in [2.75, 3.05) is 7.11 Å². The van der Waals surface area contributed by atoms with Crippen LogP contribution < -0.4 is 0 Å². The second-order valence-corrected chi connectivity index (χ2v) is 11.3. The molecule has 0 spiro atoms. The fourth-order valence-corrected chi connectivity index (χ4v) is 7.65. The first-order chi connectivity index (χ1) is 12.5. The van der Waals surface area contributed by atoms with Crippen molar-refractivity contribution in [1.82, 2.24) is 0 Å². The quantitative estimate of drug-likeness (QED) is 0.138. The molecule has 0 fully saturated rings. The van der Waals surface area contributed by atoms with Gasteiger partial charge in [0, 0.05) is 12.2 Å². The average molecular weight is 385 g/mol. The number of hydrogen-bond acceptors (Lipinski definition) is 4. The summed E-state index contributed by atoms with van der Waals surface area (Å²) in [4.78, 5) is 23.5. The van der Waals surface area contributed by atoms with Gasteiger partial charge in [0.05, 0.1) is 7.11 Å². The van der Waals surface area contributed by atoms with E-state index in [1.807, 2.05) is 0 Å². The van der Waals surface area contributed by atoms with Crippen LogP contribution in [0.5, 0.6) is 0 Å². The maximum Gasteiger partial charge on any atom is 0.330 e. The topological polar surface area (TPSA) is 52.6 Å². The fourth-order valence-electron chi connectivity index (χ4n) is 3.21. The largest absolute Gasteiger partial charge is 0.516 e. The molecule has 0 heterocycles. The lowest BCUT2D eigenvalue weighted by Crippen LogP contribution is -2.40. The first-order valence-electron chi connectivity index (χ1n) is 10.5. The number of rotatable bonds is 16. The van der Waals surface area contributed by atoms with Gasteiger partial charge < -0.3 is 9.16 Å². The van der Waals surface area contributed by atoms with E-state index in [9.17, 15) is 9.59 Å². The molecule has 26 heavy (non-hydrogen) atoms. The minimum atomic E-state index is -2.10. The number of ether oxygens (including phenoxy) is 1. The maximum atomic E-state index is 12.3. The molecule has 0 aromatic rings. The van der Waals surface area contributed by atoms with E-state index in [4.69, 9.17) is 4.43 Å². The third-order valence-electron chi connectivity index (χ3n) is 4.83. The Bertz CT molecular complexity index is 399. The summed E-state index contributed by atoms with van der Waals surface area (Å²) in [5.74, 6) is -0.896.